The lowest BCUT2D eigenvalue weighted by Crippen LogP contribution is -2.04. The molecule has 3 aromatic carbocycles. The molecule has 1 atom stereocenters. The molecular formula is C21H19ClO3. The van der Waals surface area contributed by atoms with Crippen LogP contribution in [-0.4, -0.2) is 5.11 Å². The summed E-state index contributed by atoms with van der Waals surface area (Å²) in [6.07, 6.45) is 0. The van der Waals surface area contributed by atoms with Gasteiger partial charge >= 0.3 is 0 Å². The van der Waals surface area contributed by atoms with E-state index in [2.05, 4.69) is 0 Å². The smallest absolute Gasteiger partial charge is 0.168 e. The Hall–Kier alpha value is -2.49. The number of aliphatic hydroxyl groups excluding tert-OH is 1. The monoisotopic (exact) mass is 354 g/mol. The predicted molar refractivity (Wildman–Crippen MR) is 98.8 cm³/mol. The van der Waals surface area contributed by atoms with Gasteiger partial charge in [0.2, 0.25) is 0 Å². The van der Waals surface area contributed by atoms with Gasteiger partial charge in [0.25, 0.3) is 0 Å². The number of benzene rings is 3. The minimum atomic E-state index is -1.16. The molecule has 0 saturated heterocycles. The van der Waals surface area contributed by atoms with E-state index in [9.17, 15) is 5.11 Å². The number of hydrogen-bond donors (Lipinski definition) is 1. The second kappa shape index (κ2) is 8.56. The maximum Gasteiger partial charge on any atom is 0.168 e. The Kier molecular flexibility index (Phi) is 5.94. The minimum absolute atomic E-state index is 0.364. The Bertz CT molecular complexity index is 789. The number of ether oxygens (including phenoxy) is 2. The molecule has 0 heterocycles. The summed E-state index contributed by atoms with van der Waals surface area (Å²) in [4.78, 5) is 0. The summed E-state index contributed by atoms with van der Waals surface area (Å²) in [5.74, 6) is 1.02. The minimum Gasteiger partial charge on any atom is -0.485 e. The fraction of sp³-hybridized carbons (Fsp3) is 0.143. The van der Waals surface area contributed by atoms with Crippen LogP contribution < -0.4 is 9.47 Å². The molecular weight excluding hydrogens is 336 g/mol. The summed E-state index contributed by atoms with van der Waals surface area (Å²) in [7, 11) is 0. The van der Waals surface area contributed by atoms with Crippen LogP contribution >= 0.6 is 11.6 Å². The Morgan fingerprint density at radius 3 is 1.84 bits per heavy atom. The number of hydrogen-bond acceptors (Lipinski definition) is 3. The molecule has 0 amide bonds. The first-order valence-electron chi connectivity index (χ1n) is 8.02. The van der Waals surface area contributed by atoms with Crippen LogP contribution in [0.5, 0.6) is 11.5 Å². The fourth-order valence-corrected chi connectivity index (χ4v) is 2.63. The molecule has 0 aliphatic carbocycles. The normalized spacial score (nSPS) is 11.8. The van der Waals surface area contributed by atoms with Crippen molar-refractivity contribution in [2.45, 2.75) is 18.8 Å². The van der Waals surface area contributed by atoms with Gasteiger partial charge in [-0.15, -0.1) is 0 Å². The maximum atomic E-state index is 9.84. The maximum absolute atomic E-state index is 9.84. The molecule has 0 radical (unpaired) electrons. The van der Waals surface area contributed by atoms with Crippen molar-refractivity contribution >= 4 is 11.6 Å². The first-order chi connectivity index (χ1) is 12.2. The number of alkyl halides is 1. The summed E-state index contributed by atoms with van der Waals surface area (Å²) < 4.78 is 11.8. The van der Waals surface area contributed by atoms with Crippen molar-refractivity contribution in [3.8, 4) is 11.5 Å². The molecule has 128 valence electrons. The highest BCUT2D eigenvalue weighted by Gasteiger charge is 2.16. The molecule has 0 bridgehead atoms. The van der Waals surface area contributed by atoms with Crippen molar-refractivity contribution in [2.24, 2.45) is 0 Å². The van der Waals surface area contributed by atoms with Gasteiger partial charge in [-0.25, -0.2) is 0 Å². The standard InChI is InChI=1S/C21H19ClO3/c22-21(23)18-12-7-13-19(24-14-16-8-3-1-4-9-16)20(18)25-15-17-10-5-2-6-11-17/h1-13,21,23H,14-15H2. The SMILES string of the molecule is OC(Cl)c1cccc(OCc2ccccc2)c1OCc1ccccc1. The highest BCUT2D eigenvalue weighted by Crippen LogP contribution is 2.37. The third-order valence-electron chi connectivity index (χ3n) is 3.73. The average Bonchev–Trinajstić information content (AvgIpc) is 2.66. The lowest BCUT2D eigenvalue weighted by atomic mass is 10.2. The van der Waals surface area contributed by atoms with Gasteiger partial charge in [0, 0.05) is 5.56 Å². The Morgan fingerprint density at radius 1 is 0.720 bits per heavy atom. The molecule has 0 spiro atoms. The number of para-hydroxylation sites is 1. The van der Waals surface area contributed by atoms with E-state index in [4.69, 9.17) is 21.1 Å². The van der Waals surface area contributed by atoms with Crippen LogP contribution in [0.25, 0.3) is 0 Å². The first kappa shape index (κ1) is 17.3. The summed E-state index contributed by atoms with van der Waals surface area (Å²) in [5, 5.41) is 9.84. The van der Waals surface area contributed by atoms with E-state index in [1.807, 2.05) is 66.7 Å². The third kappa shape index (κ3) is 4.75. The predicted octanol–water partition coefficient (Wildman–Crippen LogP) is 5.07. The molecule has 1 unspecified atom stereocenters. The molecule has 1 N–H and O–H groups in total. The number of halogens is 1. The molecule has 0 aromatic heterocycles. The second-order valence-corrected chi connectivity index (χ2v) is 5.97. The van der Waals surface area contributed by atoms with Crippen molar-refractivity contribution in [3.63, 3.8) is 0 Å². The molecule has 4 heteroatoms. The summed E-state index contributed by atoms with van der Waals surface area (Å²) in [6, 6.07) is 25.0. The van der Waals surface area contributed by atoms with Crippen LogP contribution in [0, 0.1) is 0 Å². The van der Waals surface area contributed by atoms with E-state index in [1.54, 1.807) is 12.1 Å². The summed E-state index contributed by atoms with van der Waals surface area (Å²) in [6.45, 7) is 0.771. The van der Waals surface area contributed by atoms with Crippen LogP contribution in [-0.2, 0) is 13.2 Å². The van der Waals surface area contributed by atoms with Crippen LogP contribution in [0.15, 0.2) is 78.9 Å². The fourth-order valence-electron chi connectivity index (χ4n) is 2.45. The molecule has 0 fully saturated rings. The zero-order valence-electron chi connectivity index (χ0n) is 13.6. The Labute approximate surface area is 152 Å². The van der Waals surface area contributed by atoms with Crippen molar-refractivity contribution in [1.29, 1.82) is 0 Å². The molecule has 3 aromatic rings. The number of aliphatic hydroxyl groups is 1. The Morgan fingerprint density at radius 2 is 1.28 bits per heavy atom. The summed E-state index contributed by atoms with van der Waals surface area (Å²) >= 11 is 5.90. The highest BCUT2D eigenvalue weighted by molar-refractivity contribution is 6.19. The molecule has 3 nitrogen and oxygen atoms in total. The second-order valence-electron chi connectivity index (χ2n) is 5.56. The van der Waals surface area contributed by atoms with Gasteiger partial charge in [0.05, 0.1) is 0 Å². The van der Waals surface area contributed by atoms with Crippen LogP contribution in [0.3, 0.4) is 0 Å². The topological polar surface area (TPSA) is 38.7 Å². The van der Waals surface area contributed by atoms with E-state index in [1.165, 1.54) is 0 Å². The molecule has 3 rings (SSSR count). The van der Waals surface area contributed by atoms with E-state index in [-0.39, 0.29) is 0 Å². The van der Waals surface area contributed by atoms with Gasteiger partial charge in [-0.3, -0.25) is 0 Å². The third-order valence-corrected chi connectivity index (χ3v) is 3.96. The zero-order chi connectivity index (χ0) is 17.5. The van der Waals surface area contributed by atoms with Crippen LogP contribution in [0.1, 0.15) is 22.3 Å². The number of rotatable bonds is 7. The van der Waals surface area contributed by atoms with Gasteiger partial charge < -0.3 is 14.6 Å². The van der Waals surface area contributed by atoms with E-state index >= 15 is 0 Å². The van der Waals surface area contributed by atoms with Crippen molar-refractivity contribution in [1.82, 2.24) is 0 Å². The lowest BCUT2D eigenvalue weighted by molar-refractivity contribution is 0.229. The van der Waals surface area contributed by atoms with Crippen molar-refractivity contribution < 1.29 is 14.6 Å². The Balaban J connectivity index is 1.80. The van der Waals surface area contributed by atoms with Crippen molar-refractivity contribution in [2.75, 3.05) is 0 Å². The molecule has 0 aliphatic rings. The van der Waals surface area contributed by atoms with E-state index in [0.717, 1.165) is 11.1 Å². The van der Waals surface area contributed by atoms with Gasteiger partial charge in [0.1, 0.15) is 13.2 Å². The van der Waals surface area contributed by atoms with Gasteiger partial charge in [-0.05, 0) is 17.2 Å². The molecule has 0 aliphatic heterocycles. The van der Waals surface area contributed by atoms with Gasteiger partial charge in [-0.2, -0.15) is 0 Å². The first-order valence-corrected chi connectivity index (χ1v) is 8.46. The zero-order valence-corrected chi connectivity index (χ0v) is 14.4. The van der Waals surface area contributed by atoms with E-state index in [0.29, 0.717) is 30.3 Å². The quantitative estimate of drug-likeness (QED) is 0.602. The largest absolute Gasteiger partial charge is 0.485 e. The van der Waals surface area contributed by atoms with Gasteiger partial charge in [-0.1, -0.05) is 84.4 Å². The van der Waals surface area contributed by atoms with E-state index < -0.39 is 5.56 Å². The summed E-state index contributed by atoms with van der Waals surface area (Å²) in [5.41, 5.74) is 1.40. The van der Waals surface area contributed by atoms with Crippen LogP contribution in [0.2, 0.25) is 0 Å². The highest BCUT2D eigenvalue weighted by atomic mass is 35.5. The van der Waals surface area contributed by atoms with Gasteiger partial charge in [0.15, 0.2) is 17.1 Å². The average molecular weight is 355 g/mol. The molecule has 25 heavy (non-hydrogen) atoms. The van der Waals surface area contributed by atoms with Crippen LogP contribution in [0.4, 0.5) is 0 Å². The molecule has 0 saturated carbocycles. The lowest BCUT2D eigenvalue weighted by Gasteiger charge is -2.17. The van der Waals surface area contributed by atoms with Crippen molar-refractivity contribution in [3.05, 3.63) is 95.6 Å².